The van der Waals surface area contributed by atoms with E-state index in [0.717, 1.165) is 11.1 Å². The molecular formula is C19H21N3O2. The zero-order valence-corrected chi connectivity index (χ0v) is 13.4. The zero-order valence-electron chi connectivity index (χ0n) is 13.4. The molecule has 0 unspecified atom stereocenters. The van der Waals surface area contributed by atoms with E-state index in [0.29, 0.717) is 19.6 Å². The fraction of sp³-hybridized carbons (Fsp3) is 0.263. The lowest BCUT2D eigenvalue weighted by Gasteiger charge is -2.34. The number of benzene rings is 2. The van der Waals surface area contributed by atoms with Crippen LogP contribution in [0.1, 0.15) is 12.0 Å². The van der Waals surface area contributed by atoms with Gasteiger partial charge in [0, 0.05) is 19.6 Å². The molecule has 2 aromatic rings. The van der Waals surface area contributed by atoms with E-state index in [-0.39, 0.29) is 12.3 Å². The molecule has 2 aromatic carbocycles. The standard InChI is InChI=1S/C19H21N3O2/c20-18(23)12-17-19(24)21-10-11-22(17)13-14-6-8-16(9-7-14)15-4-2-1-3-5-15/h1-9,17H,10-13H2,(H2,20,23)(H,21,24)/t17-/m0/s1. The number of primary amides is 1. The summed E-state index contributed by atoms with van der Waals surface area (Å²) in [5.74, 6) is -0.581. The molecule has 124 valence electrons. The van der Waals surface area contributed by atoms with Gasteiger partial charge in [-0.25, -0.2) is 0 Å². The third-order valence-electron chi connectivity index (χ3n) is 4.28. The number of nitrogens with two attached hydrogens (primary N) is 1. The molecule has 1 aliphatic heterocycles. The van der Waals surface area contributed by atoms with Crippen LogP contribution in [-0.2, 0) is 16.1 Å². The minimum atomic E-state index is -0.481. The van der Waals surface area contributed by atoms with Gasteiger partial charge in [-0.3, -0.25) is 14.5 Å². The number of hydrogen-bond donors (Lipinski definition) is 2. The summed E-state index contributed by atoms with van der Waals surface area (Å²) in [5.41, 5.74) is 8.72. The quantitative estimate of drug-likeness (QED) is 0.876. The van der Waals surface area contributed by atoms with E-state index in [1.165, 1.54) is 5.56 Å². The van der Waals surface area contributed by atoms with E-state index in [4.69, 9.17) is 5.73 Å². The molecule has 1 saturated heterocycles. The highest BCUT2D eigenvalue weighted by Crippen LogP contribution is 2.21. The predicted octanol–water partition coefficient (Wildman–Crippen LogP) is 1.53. The van der Waals surface area contributed by atoms with Gasteiger partial charge in [0.05, 0.1) is 12.5 Å². The van der Waals surface area contributed by atoms with Crippen LogP contribution in [0.15, 0.2) is 54.6 Å². The van der Waals surface area contributed by atoms with Crippen molar-refractivity contribution >= 4 is 11.8 Å². The van der Waals surface area contributed by atoms with Gasteiger partial charge in [-0.15, -0.1) is 0 Å². The molecular weight excluding hydrogens is 302 g/mol. The lowest BCUT2D eigenvalue weighted by Crippen LogP contribution is -2.55. The molecule has 2 amide bonds. The maximum absolute atomic E-state index is 12.0. The fourth-order valence-electron chi connectivity index (χ4n) is 3.03. The van der Waals surface area contributed by atoms with Crippen LogP contribution >= 0.6 is 0 Å². The van der Waals surface area contributed by atoms with Gasteiger partial charge in [0.25, 0.3) is 0 Å². The molecule has 5 nitrogen and oxygen atoms in total. The SMILES string of the molecule is NC(=O)C[C@H]1C(=O)NCCN1Cc1ccc(-c2ccccc2)cc1. The first kappa shape index (κ1) is 16.2. The van der Waals surface area contributed by atoms with Gasteiger partial charge in [-0.05, 0) is 16.7 Å². The Hall–Kier alpha value is -2.66. The fourth-order valence-corrected chi connectivity index (χ4v) is 3.03. The van der Waals surface area contributed by atoms with Crippen LogP contribution in [0.4, 0.5) is 0 Å². The van der Waals surface area contributed by atoms with Crippen molar-refractivity contribution in [2.24, 2.45) is 5.73 Å². The Morgan fingerprint density at radius 1 is 1.08 bits per heavy atom. The number of carbonyl (C=O) groups is 2. The van der Waals surface area contributed by atoms with E-state index >= 15 is 0 Å². The minimum Gasteiger partial charge on any atom is -0.370 e. The molecule has 0 radical (unpaired) electrons. The smallest absolute Gasteiger partial charge is 0.237 e. The first-order chi connectivity index (χ1) is 11.6. The Bertz CT molecular complexity index is 713. The van der Waals surface area contributed by atoms with Gasteiger partial charge in [0.2, 0.25) is 11.8 Å². The first-order valence-electron chi connectivity index (χ1n) is 8.08. The van der Waals surface area contributed by atoms with Crippen molar-refractivity contribution in [1.29, 1.82) is 0 Å². The second kappa shape index (κ2) is 7.27. The van der Waals surface area contributed by atoms with Crippen LogP contribution in [0.3, 0.4) is 0 Å². The third-order valence-corrected chi connectivity index (χ3v) is 4.28. The lowest BCUT2D eigenvalue weighted by molar-refractivity contribution is -0.133. The van der Waals surface area contributed by atoms with Crippen LogP contribution < -0.4 is 11.1 Å². The first-order valence-corrected chi connectivity index (χ1v) is 8.08. The summed E-state index contributed by atoms with van der Waals surface area (Å²) in [7, 11) is 0. The average molecular weight is 323 g/mol. The van der Waals surface area contributed by atoms with E-state index < -0.39 is 11.9 Å². The number of amides is 2. The Balaban J connectivity index is 1.72. The van der Waals surface area contributed by atoms with Crippen molar-refractivity contribution in [2.45, 2.75) is 19.0 Å². The highest BCUT2D eigenvalue weighted by Gasteiger charge is 2.30. The van der Waals surface area contributed by atoms with Crippen molar-refractivity contribution in [3.05, 3.63) is 60.2 Å². The molecule has 1 atom stereocenters. The monoisotopic (exact) mass is 323 g/mol. The molecule has 5 heteroatoms. The van der Waals surface area contributed by atoms with Crippen molar-refractivity contribution < 1.29 is 9.59 Å². The van der Waals surface area contributed by atoms with Crippen molar-refractivity contribution in [1.82, 2.24) is 10.2 Å². The molecule has 0 bridgehead atoms. The Labute approximate surface area is 141 Å². The second-order valence-corrected chi connectivity index (χ2v) is 6.01. The van der Waals surface area contributed by atoms with Gasteiger partial charge in [-0.1, -0.05) is 54.6 Å². The molecule has 3 rings (SSSR count). The van der Waals surface area contributed by atoms with Gasteiger partial charge in [-0.2, -0.15) is 0 Å². The molecule has 1 fully saturated rings. The van der Waals surface area contributed by atoms with E-state index in [1.54, 1.807) is 0 Å². The molecule has 0 saturated carbocycles. The zero-order chi connectivity index (χ0) is 16.9. The second-order valence-electron chi connectivity index (χ2n) is 6.01. The molecule has 1 aliphatic rings. The number of carbonyl (C=O) groups excluding carboxylic acids is 2. The van der Waals surface area contributed by atoms with Crippen LogP contribution in [0.2, 0.25) is 0 Å². The molecule has 0 aromatic heterocycles. The van der Waals surface area contributed by atoms with Gasteiger partial charge < -0.3 is 11.1 Å². The van der Waals surface area contributed by atoms with Crippen LogP contribution in [-0.4, -0.2) is 35.8 Å². The van der Waals surface area contributed by atoms with Gasteiger partial charge in [0.1, 0.15) is 0 Å². The summed E-state index contributed by atoms with van der Waals surface area (Å²) < 4.78 is 0. The van der Waals surface area contributed by atoms with Gasteiger partial charge in [0.15, 0.2) is 0 Å². The molecule has 3 N–H and O–H groups in total. The predicted molar refractivity (Wildman–Crippen MR) is 92.9 cm³/mol. The topological polar surface area (TPSA) is 75.4 Å². The molecule has 24 heavy (non-hydrogen) atoms. The maximum atomic E-state index is 12.0. The molecule has 0 aliphatic carbocycles. The van der Waals surface area contributed by atoms with E-state index in [1.807, 2.05) is 23.1 Å². The van der Waals surface area contributed by atoms with Crippen LogP contribution in [0.5, 0.6) is 0 Å². The lowest BCUT2D eigenvalue weighted by atomic mass is 10.0. The average Bonchev–Trinajstić information content (AvgIpc) is 2.59. The summed E-state index contributed by atoms with van der Waals surface area (Å²) in [6.07, 6.45) is 0.0495. The highest BCUT2D eigenvalue weighted by molar-refractivity contribution is 5.88. The van der Waals surface area contributed by atoms with Crippen LogP contribution in [0, 0.1) is 0 Å². The van der Waals surface area contributed by atoms with Crippen molar-refractivity contribution in [3.63, 3.8) is 0 Å². The third kappa shape index (κ3) is 3.81. The summed E-state index contributed by atoms with van der Waals surface area (Å²) in [6, 6.07) is 18.0. The number of piperazine rings is 1. The summed E-state index contributed by atoms with van der Waals surface area (Å²) in [5, 5.41) is 2.80. The largest absolute Gasteiger partial charge is 0.370 e. The Kier molecular flexibility index (Phi) is 4.91. The number of hydrogen-bond acceptors (Lipinski definition) is 3. The van der Waals surface area contributed by atoms with E-state index in [2.05, 4.69) is 41.7 Å². The number of nitrogens with one attached hydrogen (secondary N) is 1. The molecule has 0 spiro atoms. The highest BCUT2D eigenvalue weighted by atomic mass is 16.2. The summed E-state index contributed by atoms with van der Waals surface area (Å²) >= 11 is 0. The number of rotatable bonds is 5. The Morgan fingerprint density at radius 2 is 1.75 bits per heavy atom. The maximum Gasteiger partial charge on any atom is 0.237 e. The molecule has 1 heterocycles. The Morgan fingerprint density at radius 3 is 2.42 bits per heavy atom. The normalized spacial score (nSPS) is 18.2. The summed E-state index contributed by atoms with van der Waals surface area (Å²) in [4.78, 5) is 25.3. The summed E-state index contributed by atoms with van der Waals surface area (Å²) in [6.45, 7) is 1.93. The number of nitrogens with zero attached hydrogens (tertiary/aromatic N) is 1. The van der Waals surface area contributed by atoms with Crippen molar-refractivity contribution in [3.8, 4) is 11.1 Å². The van der Waals surface area contributed by atoms with Gasteiger partial charge >= 0.3 is 0 Å². The minimum absolute atomic E-state index is 0.0495. The van der Waals surface area contributed by atoms with Crippen molar-refractivity contribution in [2.75, 3.05) is 13.1 Å². The van der Waals surface area contributed by atoms with E-state index in [9.17, 15) is 9.59 Å². The van der Waals surface area contributed by atoms with Crippen LogP contribution in [0.25, 0.3) is 11.1 Å².